The van der Waals surface area contributed by atoms with Crippen LogP contribution in [0.5, 0.6) is 0 Å². The quantitative estimate of drug-likeness (QED) is 0.643. The lowest BCUT2D eigenvalue weighted by atomic mass is 10.3. The van der Waals surface area contributed by atoms with E-state index in [0.29, 0.717) is 5.69 Å². The van der Waals surface area contributed by atoms with Crippen LogP contribution < -0.4 is 5.32 Å². The van der Waals surface area contributed by atoms with Crippen molar-refractivity contribution in [2.45, 2.75) is 13.3 Å². The summed E-state index contributed by atoms with van der Waals surface area (Å²) in [5.74, 6) is -0.128. The number of nitrogens with zero attached hydrogens (tertiary/aromatic N) is 1. The van der Waals surface area contributed by atoms with Crippen molar-refractivity contribution in [3.8, 4) is 0 Å². The number of nitrogens with one attached hydrogen (secondary N) is 2. The summed E-state index contributed by atoms with van der Waals surface area (Å²) < 4.78 is 0. The van der Waals surface area contributed by atoms with Gasteiger partial charge in [0.15, 0.2) is 0 Å². The second-order valence-corrected chi connectivity index (χ2v) is 2.21. The van der Waals surface area contributed by atoms with Crippen LogP contribution in [0.4, 0.5) is 0 Å². The van der Waals surface area contributed by atoms with E-state index in [9.17, 15) is 4.79 Å². The third kappa shape index (κ3) is 1.58. The highest BCUT2D eigenvalue weighted by molar-refractivity contribution is 5.92. The zero-order valence-corrected chi connectivity index (χ0v) is 6.64. The second-order valence-electron chi connectivity index (χ2n) is 2.21. The van der Waals surface area contributed by atoms with Crippen LogP contribution in [-0.2, 0) is 6.42 Å². The molecular formula is C7H11N3O. The van der Waals surface area contributed by atoms with Crippen LogP contribution in [0.1, 0.15) is 23.1 Å². The highest BCUT2D eigenvalue weighted by atomic mass is 16.1. The van der Waals surface area contributed by atoms with Crippen molar-refractivity contribution in [2.24, 2.45) is 0 Å². The van der Waals surface area contributed by atoms with E-state index in [4.69, 9.17) is 0 Å². The Bertz CT molecular complexity index is 254. The minimum Gasteiger partial charge on any atom is -0.354 e. The molecule has 1 aromatic heterocycles. The minimum atomic E-state index is -0.128. The van der Waals surface area contributed by atoms with Crippen LogP contribution in [0.3, 0.4) is 0 Å². The topological polar surface area (TPSA) is 57.8 Å². The average molecular weight is 153 g/mol. The summed E-state index contributed by atoms with van der Waals surface area (Å²) in [5.41, 5.74) is 1.42. The molecule has 0 saturated heterocycles. The Morgan fingerprint density at radius 3 is 3.00 bits per heavy atom. The van der Waals surface area contributed by atoms with Gasteiger partial charge in [-0.25, -0.2) is 0 Å². The first-order chi connectivity index (χ1) is 5.27. The lowest BCUT2D eigenvalue weighted by Gasteiger charge is -1.90. The van der Waals surface area contributed by atoms with Gasteiger partial charge >= 0.3 is 0 Å². The van der Waals surface area contributed by atoms with Crippen molar-refractivity contribution >= 4 is 5.91 Å². The number of carbonyl (C=O) groups excluding carboxylic acids is 1. The molecule has 1 heterocycles. The molecule has 2 N–H and O–H groups in total. The van der Waals surface area contributed by atoms with E-state index in [2.05, 4.69) is 15.5 Å². The van der Waals surface area contributed by atoms with Gasteiger partial charge in [-0.2, -0.15) is 5.10 Å². The number of aryl methyl sites for hydroxylation is 1. The van der Waals surface area contributed by atoms with Gasteiger partial charge in [0.25, 0.3) is 5.91 Å². The number of H-pyrrole nitrogens is 1. The maximum Gasteiger partial charge on any atom is 0.269 e. The third-order valence-electron chi connectivity index (χ3n) is 1.46. The van der Waals surface area contributed by atoms with Crippen molar-refractivity contribution in [3.05, 3.63) is 17.5 Å². The summed E-state index contributed by atoms with van der Waals surface area (Å²) in [4.78, 5) is 11.0. The molecule has 0 bridgehead atoms. The fourth-order valence-electron chi connectivity index (χ4n) is 0.795. The molecule has 0 atom stereocenters. The molecule has 0 radical (unpaired) electrons. The molecule has 4 nitrogen and oxygen atoms in total. The Morgan fingerprint density at radius 1 is 1.82 bits per heavy atom. The lowest BCUT2D eigenvalue weighted by molar-refractivity contribution is 0.0958. The SMILES string of the molecule is CCc1cc(C(=O)NC)[nH]n1. The average Bonchev–Trinajstić information content (AvgIpc) is 2.50. The van der Waals surface area contributed by atoms with Gasteiger partial charge in [0.2, 0.25) is 0 Å². The normalized spacial score (nSPS) is 9.64. The molecule has 4 heteroatoms. The second kappa shape index (κ2) is 3.18. The lowest BCUT2D eigenvalue weighted by Crippen LogP contribution is -2.17. The summed E-state index contributed by atoms with van der Waals surface area (Å²) in [6.45, 7) is 1.99. The number of hydrogen-bond acceptors (Lipinski definition) is 2. The van der Waals surface area contributed by atoms with E-state index in [0.717, 1.165) is 12.1 Å². The van der Waals surface area contributed by atoms with Crippen molar-refractivity contribution in [2.75, 3.05) is 7.05 Å². The van der Waals surface area contributed by atoms with Gasteiger partial charge in [-0.3, -0.25) is 9.89 Å². The van der Waals surface area contributed by atoms with Crippen molar-refractivity contribution < 1.29 is 4.79 Å². The monoisotopic (exact) mass is 153 g/mol. The van der Waals surface area contributed by atoms with Gasteiger partial charge in [0, 0.05) is 7.05 Å². The number of carbonyl (C=O) groups is 1. The highest BCUT2D eigenvalue weighted by Crippen LogP contribution is 1.98. The molecule has 0 saturated carbocycles. The Kier molecular flexibility index (Phi) is 2.25. The number of hydrogen-bond donors (Lipinski definition) is 2. The molecule has 0 aliphatic heterocycles. The van der Waals surface area contributed by atoms with E-state index in [1.807, 2.05) is 6.92 Å². The maximum atomic E-state index is 11.0. The standard InChI is InChI=1S/C7H11N3O/c1-3-5-4-6(10-9-5)7(11)8-2/h4H,3H2,1-2H3,(H,8,11)(H,9,10). The molecule has 1 rings (SSSR count). The molecular weight excluding hydrogens is 142 g/mol. The van der Waals surface area contributed by atoms with Gasteiger partial charge in [-0.1, -0.05) is 6.92 Å². The van der Waals surface area contributed by atoms with Crippen molar-refractivity contribution in [1.29, 1.82) is 0 Å². The van der Waals surface area contributed by atoms with E-state index < -0.39 is 0 Å². The van der Waals surface area contributed by atoms with E-state index in [-0.39, 0.29) is 5.91 Å². The summed E-state index contributed by atoms with van der Waals surface area (Å²) in [6, 6.07) is 1.75. The van der Waals surface area contributed by atoms with Crippen LogP contribution >= 0.6 is 0 Å². The number of aromatic amines is 1. The Balaban J connectivity index is 2.80. The first-order valence-electron chi connectivity index (χ1n) is 3.54. The fourth-order valence-corrected chi connectivity index (χ4v) is 0.795. The fraction of sp³-hybridized carbons (Fsp3) is 0.429. The molecule has 0 spiro atoms. The van der Waals surface area contributed by atoms with Crippen molar-refractivity contribution in [1.82, 2.24) is 15.5 Å². The molecule has 1 aromatic rings. The number of aromatic nitrogens is 2. The summed E-state index contributed by atoms with van der Waals surface area (Å²) in [7, 11) is 1.59. The zero-order valence-electron chi connectivity index (χ0n) is 6.64. The molecule has 1 amide bonds. The molecule has 0 aromatic carbocycles. The van der Waals surface area contributed by atoms with Crippen molar-refractivity contribution in [3.63, 3.8) is 0 Å². The van der Waals surface area contributed by atoms with Crippen LogP contribution in [0.25, 0.3) is 0 Å². The van der Waals surface area contributed by atoms with E-state index >= 15 is 0 Å². The van der Waals surface area contributed by atoms with Crippen LogP contribution in [0.15, 0.2) is 6.07 Å². The van der Waals surface area contributed by atoms with Gasteiger partial charge < -0.3 is 5.32 Å². The van der Waals surface area contributed by atoms with E-state index in [1.54, 1.807) is 13.1 Å². The van der Waals surface area contributed by atoms with Gasteiger partial charge in [-0.05, 0) is 12.5 Å². The zero-order chi connectivity index (χ0) is 8.27. The summed E-state index contributed by atoms with van der Waals surface area (Å²) in [6.07, 6.45) is 0.841. The number of amides is 1. The smallest absolute Gasteiger partial charge is 0.269 e. The predicted octanol–water partition coefficient (Wildman–Crippen LogP) is 0.332. The summed E-state index contributed by atoms with van der Waals surface area (Å²) in [5, 5.41) is 9.07. The van der Waals surface area contributed by atoms with Gasteiger partial charge in [-0.15, -0.1) is 0 Å². The van der Waals surface area contributed by atoms with E-state index in [1.165, 1.54) is 0 Å². The molecule has 0 aliphatic carbocycles. The van der Waals surface area contributed by atoms with Gasteiger partial charge in [0.05, 0.1) is 5.69 Å². The summed E-state index contributed by atoms with van der Waals surface area (Å²) >= 11 is 0. The first kappa shape index (κ1) is 7.78. The Morgan fingerprint density at radius 2 is 2.55 bits per heavy atom. The molecule has 0 fully saturated rings. The molecule has 0 unspecified atom stereocenters. The molecule has 11 heavy (non-hydrogen) atoms. The molecule has 0 aliphatic rings. The Labute approximate surface area is 65.0 Å². The number of rotatable bonds is 2. The van der Waals surface area contributed by atoms with Gasteiger partial charge in [0.1, 0.15) is 5.69 Å². The largest absolute Gasteiger partial charge is 0.354 e. The Hall–Kier alpha value is -1.32. The minimum absolute atomic E-state index is 0.128. The first-order valence-corrected chi connectivity index (χ1v) is 3.54. The third-order valence-corrected chi connectivity index (χ3v) is 1.46. The predicted molar refractivity (Wildman–Crippen MR) is 41.4 cm³/mol. The highest BCUT2D eigenvalue weighted by Gasteiger charge is 2.05. The van der Waals surface area contributed by atoms with Crippen LogP contribution in [0.2, 0.25) is 0 Å². The van der Waals surface area contributed by atoms with Crippen LogP contribution in [-0.4, -0.2) is 23.2 Å². The maximum absolute atomic E-state index is 11.0. The van der Waals surface area contributed by atoms with Crippen LogP contribution in [0, 0.1) is 0 Å². The molecule has 60 valence electrons.